The lowest BCUT2D eigenvalue weighted by molar-refractivity contribution is -0.385. The van der Waals surface area contributed by atoms with Crippen molar-refractivity contribution in [2.75, 3.05) is 19.8 Å². The quantitative estimate of drug-likeness (QED) is 0.0474. The Balaban J connectivity index is 0.000000716. The molecule has 0 radical (unpaired) electrons. The second-order valence-electron chi connectivity index (χ2n) is 7.80. The van der Waals surface area contributed by atoms with E-state index in [4.69, 9.17) is 52.1 Å². The third kappa shape index (κ3) is 16.1. The molecule has 250 valence electrons. The number of ether oxygens (including phenoxy) is 3. The summed E-state index contributed by atoms with van der Waals surface area (Å²) in [4.78, 5) is 70.3. The Bertz CT molecular complexity index is 1390. The summed E-state index contributed by atoms with van der Waals surface area (Å²) in [5.74, 6) is -2.86. The molecule has 20 heteroatoms. The highest BCUT2D eigenvalue weighted by atomic mass is 35.5. The number of benzene rings is 2. The first-order chi connectivity index (χ1) is 21.6. The minimum Gasteiger partial charge on any atom is -0.461 e. The highest BCUT2D eigenvalue weighted by Gasteiger charge is 2.16. The van der Waals surface area contributed by atoms with Gasteiger partial charge in [-0.05, 0) is 56.6 Å². The first kappa shape index (κ1) is 41.6. The lowest BCUT2D eigenvalue weighted by atomic mass is 10.2. The van der Waals surface area contributed by atoms with Crippen molar-refractivity contribution in [1.82, 2.24) is 0 Å². The Morgan fingerprint density at radius 1 is 0.717 bits per heavy atom. The summed E-state index contributed by atoms with van der Waals surface area (Å²) in [6.07, 6.45) is 0. The Hall–Kier alpha value is -4.38. The molecule has 0 aromatic heterocycles. The van der Waals surface area contributed by atoms with Crippen LogP contribution in [-0.2, 0) is 46.5 Å². The van der Waals surface area contributed by atoms with Crippen molar-refractivity contribution in [1.29, 1.82) is 0 Å². The Morgan fingerprint density at radius 3 is 1.48 bits per heavy atom. The zero-order chi connectivity index (χ0) is 35.4. The van der Waals surface area contributed by atoms with Gasteiger partial charge in [-0.2, -0.15) is 0 Å². The molecule has 0 saturated carbocycles. The van der Waals surface area contributed by atoms with E-state index in [-0.39, 0.29) is 66.4 Å². The van der Waals surface area contributed by atoms with Gasteiger partial charge in [0.2, 0.25) is 11.0 Å². The fourth-order valence-electron chi connectivity index (χ4n) is 2.76. The predicted molar refractivity (Wildman–Crippen MR) is 169 cm³/mol. The van der Waals surface area contributed by atoms with Crippen molar-refractivity contribution < 1.29 is 43.2 Å². The van der Waals surface area contributed by atoms with Crippen molar-refractivity contribution in [2.24, 2.45) is 15.7 Å². The Labute approximate surface area is 281 Å². The molecule has 2 aromatic carbocycles. The van der Waals surface area contributed by atoms with Gasteiger partial charge < -0.3 is 19.9 Å². The van der Waals surface area contributed by atoms with E-state index in [0.29, 0.717) is 10.0 Å². The molecular weight excluding hydrogens is 700 g/mol. The van der Waals surface area contributed by atoms with Crippen LogP contribution >= 0.6 is 46.4 Å². The average molecular weight is 727 g/mol. The number of halogens is 4. The van der Waals surface area contributed by atoms with Gasteiger partial charge in [0.15, 0.2) is 0 Å². The van der Waals surface area contributed by atoms with Gasteiger partial charge in [-0.1, -0.05) is 34.8 Å². The lowest BCUT2D eigenvalue weighted by Crippen LogP contribution is -2.26. The molecule has 0 heterocycles. The minimum absolute atomic E-state index is 0.123. The summed E-state index contributed by atoms with van der Waals surface area (Å²) >= 11 is 21.8. The molecule has 0 aliphatic carbocycles. The third-order valence-corrected chi connectivity index (χ3v) is 5.55. The molecule has 2 aromatic rings. The first-order valence-corrected chi connectivity index (χ1v) is 14.2. The summed E-state index contributed by atoms with van der Waals surface area (Å²) in [7, 11) is 0. The fraction of sp³-hybridized carbons (Fsp3) is 0.308. The topological polar surface area (TPSA) is 233 Å². The molecule has 0 aliphatic heterocycles. The zero-order valence-corrected chi connectivity index (χ0v) is 27.4. The second-order valence-corrected chi connectivity index (χ2v) is 9.38. The van der Waals surface area contributed by atoms with Crippen LogP contribution in [0, 0.1) is 20.2 Å². The standard InChI is InChI=1S/C11H10Cl2N2O4.C11H12ClN3O4.C4H5ClO3/c2*1-2-19-11(16)10(13)14-6-7-5-8(12)3-4-9(7)15(17)18;1-2-8-4(7)3(5)6/h3-5H,2,6H2,1H3;3-5H,2,6H2,1H3,(H2,13,14);2H2,1H3. The maximum absolute atomic E-state index is 11.2. The van der Waals surface area contributed by atoms with Crippen LogP contribution in [0.2, 0.25) is 10.0 Å². The zero-order valence-electron chi connectivity index (χ0n) is 24.4. The van der Waals surface area contributed by atoms with Gasteiger partial charge in [0.1, 0.15) is 0 Å². The van der Waals surface area contributed by atoms with Crippen LogP contribution in [0.25, 0.3) is 0 Å². The van der Waals surface area contributed by atoms with Crippen LogP contribution in [0.5, 0.6) is 0 Å². The molecule has 0 aliphatic rings. The molecule has 0 saturated heterocycles. The number of nitrogens with two attached hydrogens (primary N) is 1. The number of amidine groups is 1. The van der Waals surface area contributed by atoms with E-state index < -0.39 is 33.0 Å². The highest BCUT2D eigenvalue weighted by Crippen LogP contribution is 2.24. The number of nitro groups is 2. The van der Waals surface area contributed by atoms with Crippen molar-refractivity contribution in [3.8, 4) is 0 Å². The van der Waals surface area contributed by atoms with Gasteiger partial charge in [-0.25, -0.2) is 14.4 Å². The summed E-state index contributed by atoms with van der Waals surface area (Å²) in [5, 5.41) is 20.8. The van der Waals surface area contributed by atoms with Crippen molar-refractivity contribution in [3.63, 3.8) is 0 Å². The summed E-state index contributed by atoms with van der Waals surface area (Å²) in [6.45, 7) is 5.12. The minimum atomic E-state index is -1.08. The van der Waals surface area contributed by atoms with Gasteiger partial charge in [0.25, 0.3) is 11.4 Å². The Morgan fingerprint density at radius 2 is 1.11 bits per heavy atom. The van der Waals surface area contributed by atoms with Gasteiger partial charge in [0.05, 0.1) is 53.9 Å². The third-order valence-electron chi connectivity index (χ3n) is 4.65. The number of hydrogen-bond donors (Lipinski definition) is 1. The number of nitrogens with zero attached hydrogens (tertiary/aromatic N) is 4. The van der Waals surface area contributed by atoms with Crippen molar-refractivity contribution in [3.05, 3.63) is 77.8 Å². The maximum Gasteiger partial charge on any atom is 0.391 e. The number of rotatable bonds is 11. The molecule has 2 N–H and O–H groups in total. The summed E-state index contributed by atoms with van der Waals surface area (Å²) in [6, 6.07) is 8.15. The van der Waals surface area contributed by atoms with Crippen LogP contribution in [0.1, 0.15) is 31.9 Å². The molecule has 2 rings (SSSR count). The van der Waals surface area contributed by atoms with E-state index in [0.717, 1.165) is 0 Å². The summed E-state index contributed by atoms with van der Waals surface area (Å²) < 4.78 is 13.5. The van der Waals surface area contributed by atoms with Gasteiger partial charge in [-0.15, -0.1) is 0 Å². The second kappa shape index (κ2) is 22.2. The Kier molecular flexibility index (Phi) is 20.1. The van der Waals surface area contributed by atoms with Crippen LogP contribution < -0.4 is 5.73 Å². The van der Waals surface area contributed by atoms with E-state index in [9.17, 15) is 39.4 Å². The fourth-order valence-corrected chi connectivity index (χ4v) is 3.31. The molecular formula is C26H27Cl4N5O11. The number of aliphatic imine (C=N–C) groups is 2. The van der Waals surface area contributed by atoms with Crippen LogP contribution in [0.15, 0.2) is 46.4 Å². The number of carbonyl (C=O) groups is 4. The van der Waals surface area contributed by atoms with E-state index in [2.05, 4.69) is 24.2 Å². The van der Waals surface area contributed by atoms with Gasteiger partial charge >= 0.3 is 23.2 Å². The number of hydrogen-bond acceptors (Lipinski definition) is 13. The van der Waals surface area contributed by atoms with Crippen LogP contribution in [0.4, 0.5) is 11.4 Å². The molecule has 16 nitrogen and oxygen atoms in total. The average Bonchev–Trinajstić information content (AvgIpc) is 2.99. The smallest absolute Gasteiger partial charge is 0.391 e. The van der Waals surface area contributed by atoms with Crippen LogP contribution in [-0.4, -0.2) is 63.8 Å². The van der Waals surface area contributed by atoms with E-state index in [1.54, 1.807) is 20.8 Å². The summed E-state index contributed by atoms with van der Waals surface area (Å²) in [5.41, 5.74) is 5.65. The van der Waals surface area contributed by atoms with Gasteiger partial charge in [-0.3, -0.25) is 35.0 Å². The number of carbonyl (C=O) groups excluding carboxylic acids is 4. The molecule has 0 bridgehead atoms. The molecule has 0 atom stereocenters. The molecule has 0 unspecified atom stereocenters. The van der Waals surface area contributed by atoms with Gasteiger partial charge in [0, 0.05) is 22.2 Å². The SMILES string of the molecule is CCOC(=O)C(=O)Cl.CCOC(=O)C(Cl)=NCc1cc(Cl)ccc1[N+](=O)[O-].CCOC(=O)C(N)=NCc1cc(Cl)ccc1[N+](=O)[O-]. The van der Waals surface area contributed by atoms with E-state index >= 15 is 0 Å². The number of nitro benzene ring substituents is 2. The molecule has 0 spiro atoms. The monoisotopic (exact) mass is 725 g/mol. The largest absolute Gasteiger partial charge is 0.461 e. The van der Waals surface area contributed by atoms with Crippen molar-refractivity contribution in [2.45, 2.75) is 33.9 Å². The lowest BCUT2D eigenvalue weighted by Gasteiger charge is -2.02. The maximum atomic E-state index is 11.2. The normalized spacial score (nSPS) is 10.7. The first-order valence-electron chi connectivity index (χ1n) is 12.7. The molecule has 0 fully saturated rings. The molecule has 0 amide bonds. The van der Waals surface area contributed by atoms with Crippen molar-refractivity contribution >= 4 is 91.9 Å². The number of esters is 3. The van der Waals surface area contributed by atoms with E-state index in [1.807, 2.05) is 0 Å². The molecule has 46 heavy (non-hydrogen) atoms. The van der Waals surface area contributed by atoms with Crippen LogP contribution in [0.3, 0.4) is 0 Å². The predicted octanol–water partition coefficient (Wildman–Crippen LogP) is 4.93. The van der Waals surface area contributed by atoms with E-state index in [1.165, 1.54) is 36.4 Å². The highest BCUT2D eigenvalue weighted by molar-refractivity contribution is 6.82.